The topological polar surface area (TPSA) is 0 Å². The largest absolute Gasteiger partial charge is 0.0832 e. The Labute approximate surface area is 148 Å². The fraction of sp³-hybridized carbons (Fsp3) is 0.294. The first kappa shape index (κ1) is 16.3. The van der Waals surface area contributed by atoms with Crippen molar-refractivity contribution < 1.29 is 0 Å². The third kappa shape index (κ3) is 3.07. The molecule has 2 rings (SSSR count). The van der Waals surface area contributed by atoms with Gasteiger partial charge < -0.3 is 0 Å². The van der Waals surface area contributed by atoms with Gasteiger partial charge in [-0.1, -0.05) is 39.7 Å². The van der Waals surface area contributed by atoms with E-state index in [1.807, 2.05) is 0 Å². The fourth-order valence-corrected chi connectivity index (χ4v) is 3.96. The molecule has 0 fully saturated rings. The Hall–Kier alpha value is -0.0600. The van der Waals surface area contributed by atoms with Crippen molar-refractivity contribution in [2.45, 2.75) is 32.5 Å². The van der Waals surface area contributed by atoms with Crippen LogP contribution < -0.4 is 0 Å². The number of hydrogen-bond donors (Lipinski definition) is 0. The average Bonchev–Trinajstić information content (AvgIpc) is 2.40. The molecule has 0 bridgehead atoms. The number of rotatable bonds is 2. The van der Waals surface area contributed by atoms with Gasteiger partial charge in [-0.25, -0.2) is 0 Å². The van der Waals surface area contributed by atoms with Crippen LogP contribution in [0.5, 0.6) is 0 Å². The number of halogens is 3. The van der Waals surface area contributed by atoms with E-state index in [1.165, 1.54) is 33.4 Å². The Morgan fingerprint density at radius 3 is 2.05 bits per heavy atom. The van der Waals surface area contributed by atoms with Crippen LogP contribution in [0.15, 0.2) is 24.3 Å². The van der Waals surface area contributed by atoms with Crippen molar-refractivity contribution in [3.63, 3.8) is 0 Å². The minimum absolute atomic E-state index is 0.176. The Morgan fingerprint density at radius 2 is 1.55 bits per heavy atom. The van der Waals surface area contributed by atoms with Crippen LogP contribution in [0.4, 0.5) is 0 Å². The van der Waals surface area contributed by atoms with E-state index in [-0.39, 0.29) is 4.83 Å². The molecule has 2 aromatic rings. The van der Waals surface area contributed by atoms with Gasteiger partial charge in [-0.15, -0.1) is 0 Å². The fourth-order valence-electron chi connectivity index (χ4n) is 2.46. The number of alkyl halides is 1. The molecule has 1 unspecified atom stereocenters. The molecule has 0 nitrogen and oxygen atoms in total. The van der Waals surface area contributed by atoms with E-state index in [1.54, 1.807) is 0 Å². The second-order valence-corrected chi connectivity index (χ2v) is 7.70. The third-order valence-corrected chi connectivity index (χ3v) is 6.47. The molecule has 0 aromatic heterocycles. The maximum absolute atomic E-state index is 6.26. The van der Waals surface area contributed by atoms with Crippen LogP contribution in [0.2, 0.25) is 5.02 Å². The lowest BCUT2D eigenvalue weighted by molar-refractivity contribution is 1.07. The first-order chi connectivity index (χ1) is 9.32. The lowest BCUT2D eigenvalue weighted by Crippen LogP contribution is -2.03. The van der Waals surface area contributed by atoms with E-state index in [2.05, 4.69) is 90.5 Å². The van der Waals surface area contributed by atoms with Crippen molar-refractivity contribution in [3.8, 4) is 0 Å². The van der Waals surface area contributed by atoms with Gasteiger partial charge in [0.05, 0.1) is 9.85 Å². The van der Waals surface area contributed by atoms with Crippen molar-refractivity contribution in [2.75, 3.05) is 0 Å². The molecule has 0 N–H and O–H groups in total. The van der Waals surface area contributed by atoms with Gasteiger partial charge in [0.1, 0.15) is 0 Å². The summed E-state index contributed by atoms with van der Waals surface area (Å²) in [6.07, 6.45) is 0. The lowest BCUT2D eigenvalue weighted by atomic mass is 9.90. The molecule has 2 aromatic carbocycles. The molecule has 0 saturated heterocycles. The third-order valence-electron chi connectivity index (χ3n) is 3.91. The highest BCUT2D eigenvalue weighted by Gasteiger charge is 2.18. The van der Waals surface area contributed by atoms with Gasteiger partial charge in [0.2, 0.25) is 0 Å². The summed E-state index contributed by atoms with van der Waals surface area (Å²) in [5.74, 6) is 0. The number of aryl methyl sites for hydroxylation is 2. The van der Waals surface area contributed by atoms with E-state index in [4.69, 9.17) is 11.6 Å². The van der Waals surface area contributed by atoms with Crippen LogP contribution in [0.1, 0.15) is 38.2 Å². The van der Waals surface area contributed by atoms with Crippen molar-refractivity contribution in [3.05, 3.63) is 66.2 Å². The SMILES string of the molecule is Cc1cc(C)c(C)c(C(Br)c2ccc(I)c(Cl)c2)c1C. The van der Waals surface area contributed by atoms with Crippen molar-refractivity contribution in [1.29, 1.82) is 0 Å². The summed E-state index contributed by atoms with van der Waals surface area (Å²) in [7, 11) is 0. The van der Waals surface area contributed by atoms with Crippen molar-refractivity contribution in [2.24, 2.45) is 0 Å². The second kappa shape index (κ2) is 6.37. The summed E-state index contributed by atoms with van der Waals surface area (Å²) in [4.78, 5) is 0.176. The quantitative estimate of drug-likeness (QED) is 0.345. The molecule has 1 atom stereocenters. The average molecular weight is 464 g/mol. The van der Waals surface area contributed by atoms with E-state index >= 15 is 0 Å². The summed E-state index contributed by atoms with van der Waals surface area (Å²) in [6, 6.07) is 8.53. The molecule has 0 saturated carbocycles. The molecule has 3 heteroatoms. The molecule has 20 heavy (non-hydrogen) atoms. The smallest absolute Gasteiger partial charge is 0.0650 e. The molecular formula is C17H17BrClI. The molecule has 0 spiro atoms. The molecule has 0 amide bonds. The van der Waals surface area contributed by atoms with E-state index < -0.39 is 0 Å². The first-order valence-corrected chi connectivity index (χ1v) is 8.86. The molecule has 0 heterocycles. The van der Waals surface area contributed by atoms with Gasteiger partial charge in [0.15, 0.2) is 0 Å². The van der Waals surface area contributed by atoms with Crippen LogP contribution in [0.3, 0.4) is 0 Å². The van der Waals surface area contributed by atoms with Crippen LogP contribution in [0.25, 0.3) is 0 Å². The van der Waals surface area contributed by atoms with Crippen LogP contribution in [-0.2, 0) is 0 Å². The van der Waals surface area contributed by atoms with Crippen molar-refractivity contribution in [1.82, 2.24) is 0 Å². The monoisotopic (exact) mass is 462 g/mol. The molecule has 0 radical (unpaired) electrons. The molecule has 106 valence electrons. The minimum atomic E-state index is 0.176. The maximum atomic E-state index is 6.26. The summed E-state index contributed by atoms with van der Waals surface area (Å²) in [5.41, 5.74) is 7.94. The molecule has 0 aliphatic rings. The highest BCUT2D eigenvalue weighted by atomic mass is 127. The van der Waals surface area contributed by atoms with E-state index in [0.29, 0.717) is 0 Å². The zero-order valence-electron chi connectivity index (χ0n) is 12.0. The highest BCUT2D eigenvalue weighted by molar-refractivity contribution is 14.1. The van der Waals surface area contributed by atoms with Gasteiger partial charge in [-0.2, -0.15) is 0 Å². The predicted octanol–water partition coefficient (Wildman–Crippen LogP) is 6.66. The number of hydrogen-bond acceptors (Lipinski definition) is 0. The van der Waals surface area contributed by atoms with Gasteiger partial charge in [0.25, 0.3) is 0 Å². The minimum Gasteiger partial charge on any atom is -0.0832 e. The van der Waals surface area contributed by atoms with Crippen LogP contribution in [-0.4, -0.2) is 0 Å². The molecule has 0 aliphatic carbocycles. The Morgan fingerprint density at radius 1 is 1.00 bits per heavy atom. The van der Waals surface area contributed by atoms with Gasteiger partial charge in [-0.3, -0.25) is 0 Å². The Balaban J connectivity index is 2.58. The van der Waals surface area contributed by atoms with Gasteiger partial charge in [0, 0.05) is 3.57 Å². The van der Waals surface area contributed by atoms with E-state index in [0.717, 1.165) is 8.59 Å². The summed E-state index contributed by atoms with van der Waals surface area (Å²) < 4.78 is 1.08. The van der Waals surface area contributed by atoms with Gasteiger partial charge >= 0.3 is 0 Å². The summed E-state index contributed by atoms with van der Waals surface area (Å²) >= 11 is 12.4. The highest BCUT2D eigenvalue weighted by Crippen LogP contribution is 2.38. The second-order valence-electron chi connectivity index (χ2n) is 5.21. The zero-order chi connectivity index (χ0) is 15.0. The first-order valence-electron chi connectivity index (χ1n) is 6.49. The van der Waals surface area contributed by atoms with Gasteiger partial charge in [-0.05, 0) is 95.8 Å². The van der Waals surface area contributed by atoms with Crippen LogP contribution >= 0.6 is 50.1 Å². The zero-order valence-corrected chi connectivity index (χ0v) is 16.5. The summed E-state index contributed by atoms with van der Waals surface area (Å²) in [6.45, 7) is 8.73. The van der Waals surface area contributed by atoms with E-state index in [9.17, 15) is 0 Å². The van der Waals surface area contributed by atoms with Crippen LogP contribution in [0, 0.1) is 31.3 Å². The summed E-state index contributed by atoms with van der Waals surface area (Å²) in [5, 5.41) is 0.812. The number of benzene rings is 2. The Bertz CT molecular complexity index is 638. The Kier molecular flexibility index (Phi) is 5.19. The molecular weight excluding hydrogens is 446 g/mol. The predicted molar refractivity (Wildman–Crippen MR) is 100 cm³/mol. The van der Waals surface area contributed by atoms with Crippen molar-refractivity contribution >= 4 is 50.1 Å². The lowest BCUT2D eigenvalue weighted by Gasteiger charge is -2.20. The normalized spacial score (nSPS) is 12.6. The molecule has 0 aliphatic heterocycles. The maximum Gasteiger partial charge on any atom is 0.0650 e. The standard InChI is InChI=1S/C17H17BrClI/c1-9-7-10(2)12(4)16(11(9)3)17(18)13-5-6-15(20)14(19)8-13/h5-8,17H,1-4H3.